The number of hydrogen-bond acceptors (Lipinski definition) is 3. The van der Waals surface area contributed by atoms with Gasteiger partial charge in [0.05, 0.1) is 12.7 Å². The van der Waals surface area contributed by atoms with Crippen LogP contribution in [0.1, 0.15) is 11.3 Å². The van der Waals surface area contributed by atoms with Gasteiger partial charge in [-0.15, -0.1) is 11.3 Å². The van der Waals surface area contributed by atoms with Crippen molar-refractivity contribution in [1.82, 2.24) is 5.32 Å². The van der Waals surface area contributed by atoms with Crippen molar-refractivity contribution >= 4 is 27.3 Å². The molecule has 0 radical (unpaired) electrons. The minimum Gasteiger partial charge on any atom is -0.371 e. The molecule has 0 spiro atoms. The Morgan fingerprint density at radius 1 is 1.69 bits per heavy atom. The van der Waals surface area contributed by atoms with Crippen molar-refractivity contribution in [2.24, 2.45) is 0 Å². The lowest BCUT2D eigenvalue weighted by Gasteiger charge is -2.09. The van der Waals surface area contributed by atoms with Crippen molar-refractivity contribution in [3.8, 4) is 0 Å². The number of halogens is 1. The van der Waals surface area contributed by atoms with Crippen molar-refractivity contribution in [3.63, 3.8) is 0 Å². The average Bonchev–Trinajstić information content (AvgIpc) is 2.72. The van der Waals surface area contributed by atoms with Gasteiger partial charge >= 0.3 is 0 Å². The zero-order chi connectivity index (χ0) is 9.10. The van der Waals surface area contributed by atoms with Gasteiger partial charge in [-0.25, -0.2) is 0 Å². The van der Waals surface area contributed by atoms with Gasteiger partial charge in [-0.2, -0.15) is 0 Å². The van der Waals surface area contributed by atoms with Crippen molar-refractivity contribution in [3.05, 3.63) is 20.8 Å². The molecule has 1 fully saturated rings. The Labute approximate surface area is 90.4 Å². The van der Waals surface area contributed by atoms with E-state index >= 15 is 0 Å². The molecule has 0 saturated carbocycles. The lowest BCUT2D eigenvalue weighted by atomic mass is 10.3. The number of nitrogens with one attached hydrogen (secondary N) is 1. The smallest absolute Gasteiger partial charge is 0.0825 e. The van der Waals surface area contributed by atoms with Crippen molar-refractivity contribution < 1.29 is 4.74 Å². The van der Waals surface area contributed by atoms with Gasteiger partial charge in [0.1, 0.15) is 0 Å². The van der Waals surface area contributed by atoms with Crippen molar-refractivity contribution in [1.29, 1.82) is 0 Å². The number of hydrogen-bond donors (Lipinski definition) is 1. The molecule has 0 bridgehead atoms. The predicted molar refractivity (Wildman–Crippen MR) is 58.1 cm³/mol. The van der Waals surface area contributed by atoms with Gasteiger partial charge in [-0.1, -0.05) is 0 Å². The van der Waals surface area contributed by atoms with Gasteiger partial charge in [-0.05, 0) is 40.3 Å². The molecule has 13 heavy (non-hydrogen) atoms. The van der Waals surface area contributed by atoms with Crippen LogP contribution in [0.3, 0.4) is 0 Å². The van der Waals surface area contributed by atoms with E-state index in [4.69, 9.17) is 4.74 Å². The minimum absolute atomic E-state index is 0.411. The summed E-state index contributed by atoms with van der Waals surface area (Å²) in [5, 5.41) is 5.36. The minimum atomic E-state index is 0.411. The third-order valence-electron chi connectivity index (χ3n) is 2.16. The second-order valence-corrected chi connectivity index (χ2v) is 4.97. The van der Waals surface area contributed by atoms with E-state index < -0.39 is 0 Å². The molecule has 4 heteroatoms. The van der Waals surface area contributed by atoms with Crippen LogP contribution in [-0.2, 0) is 11.3 Å². The van der Waals surface area contributed by atoms with Gasteiger partial charge < -0.3 is 10.1 Å². The van der Waals surface area contributed by atoms with E-state index in [2.05, 4.69) is 32.7 Å². The number of thiophene rings is 1. The zero-order valence-electron chi connectivity index (χ0n) is 7.25. The fourth-order valence-corrected chi connectivity index (χ4v) is 2.78. The molecule has 0 aromatic carbocycles. The Bertz CT molecular complexity index is 270. The fourth-order valence-electron chi connectivity index (χ4n) is 1.39. The molecule has 2 nitrogen and oxygen atoms in total. The maximum absolute atomic E-state index is 5.75. The van der Waals surface area contributed by atoms with E-state index in [-0.39, 0.29) is 0 Å². The molecular weight excluding hydrogens is 250 g/mol. The summed E-state index contributed by atoms with van der Waals surface area (Å²) in [4.78, 5) is 1.28. The summed E-state index contributed by atoms with van der Waals surface area (Å²) in [6.07, 6.45) is 1.55. The summed E-state index contributed by atoms with van der Waals surface area (Å²) < 4.78 is 6.92. The van der Waals surface area contributed by atoms with Crippen LogP contribution in [-0.4, -0.2) is 19.2 Å². The highest BCUT2D eigenvalue weighted by molar-refractivity contribution is 9.10. The highest BCUT2D eigenvalue weighted by Gasteiger charge is 2.15. The van der Waals surface area contributed by atoms with Crippen LogP contribution < -0.4 is 5.32 Å². The largest absolute Gasteiger partial charge is 0.371 e. The Kier molecular flexibility index (Phi) is 3.38. The molecule has 2 heterocycles. The monoisotopic (exact) mass is 261 g/mol. The second kappa shape index (κ2) is 4.55. The van der Waals surface area contributed by atoms with Gasteiger partial charge in [0, 0.05) is 15.9 Å². The Morgan fingerprint density at radius 3 is 3.23 bits per heavy atom. The molecule has 2 rings (SSSR count). The molecule has 1 aromatic rings. The number of rotatable bonds is 3. The maximum Gasteiger partial charge on any atom is 0.0825 e. The number of ether oxygens (including phenoxy) is 1. The van der Waals surface area contributed by atoms with Crippen LogP contribution in [0.2, 0.25) is 0 Å². The first-order chi connectivity index (χ1) is 6.36. The first-order valence-electron chi connectivity index (χ1n) is 4.40. The Balaban J connectivity index is 1.82. The highest BCUT2D eigenvalue weighted by Crippen LogP contribution is 2.24. The first-order valence-corrected chi connectivity index (χ1v) is 6.08. The molecule has 1 atom stereocenters. The van der Waals surface area contributed by atoms with Crippen LogP contribution in [0.25, 0.3) is 0 Å². The zero-order valence-corrected chi connectivity index (χ0v) is 9.66. The summed E-state index contributed by atoms with van der Waals surface area (Å²) in [5.41, 5.74) is 0. The normalized spacial score (nSPS) is 22.4. The maximum atomic E-state index is 5.75. The summed E-state index contributed by atoms with van der Waals surface area (Å²) in [5.74, 6) is 0. The standard InChI is InChI=1S/C9H12BrNOS/c10-8-2-4-13-9(8)6-12-7-1-3-11-5-7/h2,4,7,11H,1,3,5-6H2. The molecular formula is C9H12BrNOS. The molecule has 0 amide bonds. The molecule has 1 aliphatic heterocycles. The second-order valence-electron chi connectivity index (χ2n) is 3.12. The SMILES string of the molecule is Brc1ccsc1COC1CCNC1. The molecule has 1 unspecified atom stereocenters. The quantitative estimate of drug-likeness (QED) is 0.903. The summed E-state index contributed by atoms with van der Waals surface area (Å²) >= 11 is 5.23. The topological polar surface area (TPSA) is 21.3 Å². The Morgan fingerprint density at radius 2 is 2.62 bits per heavy atom. The highest BCUT2D eigenvalue weighted by atomic mass is 79.9. The lowest BCUT2D eigenvalue weighted by molar-refractivity contribution is 0.0556. The first kappa shape index (κ1) is 9.65. The molecule has 1 saturated heterocycles. The third-order valence-corrected chi connectivity index (χ3v) is 4.06. The van der Waals surface area contributed by atoms with E-state index in [1.165, 1.54) is 9.35 Å². The molecule has 1 aromatic heterocycles. The fraction of sp³-hybridized carbons (Fsp3) is 0.556. The Hall–Kier alpha value is 0.1000. The van der Waals surface area contributed by atoms with E-state index in [9.17, 15) is 0 Å². The van der Waals surface area contributed by atoms with E-state index in [0.717, 1.165) is 26.1 Å². The molecule has 1 aliphatic rings. The van der Waals surface area contributed by atoms with Crippen LogP contribution in [0.5, 0.6) is 0 Å². The molecule has 0 aliphatic carbocycles. The molecule has 1 N–H and O–H groups in total. The summed E-state index contributed by atoms with van der Waals surface area (Å²) in [6.45, 7) is 2.84. The van der Waals surface area contributed by atoms with Crippen molar-refractivity contribution in [2.75, 3.05) is 13.1 Å². The van der Waals surface area contributed by atoms with Crippen LogP contribution in [0, 0.1) is 0 Å². The predicted octanol–water partition coefficient (Wildman–Crippen LogP) is 2.39. The molecule has 72 valence electrons. The van der Waals surface area contributed by atoms with Gasteiger partial charge in [0.15, 0.2) is 0 Å². The van der Waals surface area contributed by atoms with E-state index in [1.54, 1.807) is 11.3 Å². The van der Waals surface area contributed by atoms with E-state index in [0.29, 0.717) is 6.10 Å². The van der Waals surface area contributed by atoms with Gasteiger partial charge in [0.2, 0.25) is 0 Å². The van der Waals surface area contributed by atoms with Crippen molar-refractivity contribution in [2.45, 2.75) is 19.1 Å². The third kappa shape index (κ3) is 2.53. The van der Waals surface area contributed by atoms with Gasteiger partial charge in [0.25, 0.3) is 0 Å². The lowest BCUT2D eigenvalue weighted by Crippen LogP contribution is -2.16. The van der Waals surface area contributed by atoms with Crippen LogP contribution in [0.4, 0.5) is 0 Å². The summed E-state index contributed by atoms with van der Waals surface area (Å²) in [6, 6.07) is 2.07. The average molecular weight is 262 g/mol. The van der Waals surface area contributed by atoms with Crippen LogP contribution in [0.15, 0.2) is 15.9 Å². The summed E-state index contributed by atoms with van der Waals surface area (Å²) in [7, 11) is 0. The van der Waals surface area contributed by atoms with E-state index in [1.807, 2.05) is 0 Å². The van der Waals surface area contributed by atoms with Gasteiger partial charge in [-0.3, -0.25) is 0 Å². The van der Waals surface area contributed by atoms with Crippen LogP contribution >= 0.6 is 27.3 Å².